The topological polar surface area (TPSA) is 16.6 Å². The lowest BCUT2D eigenvalue weighted by atomic mass is 10.3. The molecule has 1 nitrogen and oxygen atoms in total. The first-order valence-corrected chi connectivity index (χ1v) is 2.86. The van der Waals surface area contributed by atoms with Crippen molar-refractivity contribution in [3.05, 3.63) is 12.8 Å². The Labute approximate surface area is 45.4 Å². The van der Waals surface area contributed by atoms with Crippen LogP contribution in [0.1, 0.15) is 19.8 Å². The summed E-state index contributed by atoms with van der Waals surface area (Å²) in [5, 5.41) is 2.10. The number of hydrogen-bond acceptors (Lipinski definition) is 0. The molecule has 0 spiro atoms. The van der Waals surface area contributed by atoms with E-state index < -0.39 is 0 Å². The van der Waals surface area contributed by atoms with Crippen LogP contribution in [0, 0.1) is 0 Å². The summed E-state index contributed by atoms with van der Waals surface area (Å²) in [7, 11) is 0. The molecule has 0 saturated heterocycles. The Balaban J connectivity index is 2.56. The van der Waals surface area contributed by atoms with Crippen molar-refractivity contribution in [1.29, 1.82) is 0 Å². The molecule has 0 radical (unpaired) electrons. The molecule has 7 heavy (non-hydrogen) atoms. The first kappa shape index (κ1) is 6.70. The normalized spacial score (nSPS) is 8.71. The molecule has 0 bridgehead atoms. The van der Waals surface area contributed by atoms with Gasteiger partial charge in [0.05, 0.1) is 12.7 Å². The van der Waals surface area contributed by atoms with E-state index in [4.69, 9.17) is 0 Å². The maximum Gasteiger partial charge on any atom is 0.0852 e. The minimum atomic E-state index is 1.19. The summed E-state index contributed by atoms with van der Waals surface area (Å²) in [5.74, 6) is 0. The summed E-state index contributed by atoms with van der Waals surface area (Å²) in [6.07, 6.45) is 4.44. The van der Waals surface area contributed by atoms with E-state index in [1.165, 1.54) is 19.4 Å². The van der Waals surface area contributed by atoms with Crippen molar-refractivity contribution in [2.45, 2.75) is 19.8 Å². The zero-order chi connectivity index (χ0) is 5.54. The van der Waals surface area contributed by atoms with E-state index in [2.05, 4.69) is 18.8 Å². The molecule has 0 aliphatic rings. The smallest absolute Gasteiger partial charge is 0.0852 e. The molecule has 0 fully saturated rings. The fourth-order valence-electron chi connectivity index (χ4n) is 0.440. The number of rotatable bonds is 4. The minimum absolute atomic E-state index is 1.19. The quantitative estimate of drug-likeness (QED) is 0.495. The van der Waals surface area contributed by atoms with Crippen LogP contribution in [0.3, 0.4) is 0 Å². The third-order valence-electron chi connectivity index (χ3n) is 0.891. The average molecular weight is 100 g/mol. The molecule has 0 aliphatic heterocycles. The van der Waals surface area contributed by atoms with Gasteiger partial charge in [0.25, 0.3) is 0 Å². The van der Waals surface area contributed by atoms with E-state index >= 15 is 0 Å². The molecule has 0 aromatic rings. The van der Waals surface area contributed by atoms with Gasteiger partial charge in [-0.25, -0.2) is 0 Å². The highest BCUT2D eigenvalue weighted by molar-refractivity contribution is 4.40. The molecule has 0 aliphatic carbocycles. The Morgan fingerprint density at radius 3 is 2.86 bits per heavy atom. The number of hydrogen-bond donors (Lipinski definition) is 1. The van der Waals surface area contributed by atoms with Crippen LogP contribution in [0.2, 0.25) is 0 Å². The highest BCUT2D eigenvalue weighted by atomic mass is 14.8. The summed E-state index contributed by atoms with van der Waals surface area (Å²) < 4.78 is 0. The van der Waals surface area contributed by atoms with Crippen molar-refractivity contribution in [3.63, 3.8) is 0 Å². The predicted molar refractivity (Wildman–Crippen MR) is 31.9 cm³/mol. The van der Waals surface area contributed by atoms with E-state index in [0.717, 1.165) is 0 Å². The molecule has 0 amide bonds. The molecule has 0 rings (SSSR count). The minimum Gasteiger partial charge on any atom is -0.321 e. The Morgan fingerprint density at radius 1 is 1.71 bits per heavy atom. The summed E-state index contributed by atoms with van der Waals surface area (Å²) >= 11 is 0. The van der Waals surface area contributed by atoms with Crippen molar-refractivity contribution < 1.29 is 5.32 Å². The molecular formula is C6H14N+. The third-order valence-corrected chi connectivity index (χ3v) is 0.891. The predicted octanol–water partition coefficient (Wildman–Crippen LogP) is 0.493. The van der Waals surface area contributed by atoms with Gasteiger partial charge in [-0.15, -0.1) is 0 Å². The van der Waals surface area contributed by atoms with Gasteiger partial charge in [-0.05, 0) is 13.0 Å². The molecule has 0 aromatic carbocycles. The van der Waals surface area contributed by atoms with Crippen LogP contribution in [0.4, 0.5) is 0 Å². The SMILES string of the molecule is C=C[NH2+]CCCC. The summed E-state index contributed by atoms with van der Waals surface area (Å²) in [6, 6.07) is 0. The van der Waals surface area contributed by atoms with Gasteiger partial charge in [-0.2, -0.15) is 0 Å². The number of nitrogens with two attached hydrogens (primary N) is 1. The van der Waals surface area contributed by atoms with Crippen molar-refractivity contribution in [2.24, 2.45) is 0 Å². The Bertz CT molecular complexity index is 41.4. The van der Waals surface area contributed by atoms with Gasteiger partial charge < -0.3 is 5.32 Å². The molecule has 1 heteroatoms. The standard InChI is InChI=1S/C6H13N/c1-3-5-6-7-4-2/h4,7H,2-3,5-6H2,1H3/p+1. The van der Waals surface area contributed by atoms with Crippen LogP contribution in [0.25, 0.3) is 0 Å². The van der Waals surface area contributed by atoms with Crippen LogP contribution < -0.4 is 5.32 Å². The Morgan fingerprint density at radius 2 is 2.43 bits per heavy atom. The van der Waals surface area contributed by atoms with Crippen molar-refractivity contribution >= 4 is 0 Å². The first-order chi connectivity index (χ1) is 3.41. The maximum atomic E-state index is 3.58. The second-order valence-corrected chi connectivity index (χ2v) is 1.61. The van der Waals surface area contributed by atoms with Gasteiger partial charge in [-0.3, -0.25) is 0 Å². The van der Waals surface area contributed by atoms with E-state index in [1.54, 1.807) is 0 Å². The van der Waals surface area contributed by atoms with Crippen LogP contribution in [-0.4, -0.2) is 6.54 Å². The van der Waals surface area contributed by atoms with Gasteiger partial charge in [-0.1, -0.05) is 13.3 Å². The largest absolute Gasteiger partial charge is 0.321 e. The molecular weight excluding hydrogens is 86.1 g/mol. The molecule has 42 valence electrons. The van der Waals surface area contributed by atoms with Crippen molar-refractivity contribution in [3.8, 4) is 0 Å². The molecule has 0 unspecified atom stereocenters. The van der Waals surface area contributed by atoms with Crippen LogP contribution in [0.15, 0.2) is 12.8 Å². The molecule has 0 aromatic heterocycles. The lowest BCUT2D eigenvalue weighted by Crippen LogP contribution is -2.77. The fourth-order valence-corrected chi connectivity index (χ4v) is 0.440. The zero-order valence-electron chi connectivity index (χ0n) is 4.98. The van der Waals surface area contributed by atoms with Crippen LogP contribution in [0.5, 0.6) is 0 Å². The summed E-state index contributed by atoms with van der Waals surface area (Å²) in [5.41, 5.74) is 0. The molecule has 2 N–H and O–H groups in total. The van der Waals surface area contributed by atoms with E-state index in [1.807, 2.05) is 6.20 Å². The number of quaternary nitrogens is 1. The number of unbranched alkanes of at least 4 members (excludes halogenated alkanes) is 1. The van der Waals surface area contributed by atoms with Gasteiger partial charge in [0.1, 0.15) is 0 Å². The second-order valence-electron chi connectivity index (χ2n) is 1.61. The third kappa shape index (κ3) is 5.70. The van der Waals surface area contributed by atoms with Crippen molar-refractivity contribution in [1.82, 2.24) is 0 Å². The van der Waals surface area contributed by atoms with E-state index in [-0.39, 0.29) is 0 Å². The lowest BCUT2D eigenvalue weighted by molar-refractivity contribution is -0.587. The molecule has 0 saturated carbocycles. The summed E-state index contributed by atoms with van der Waals surface area (Å²) in [6.45, 7) is 6.96. The highest BCUT2D eigenvalue weighted by Gasteiger charge is 1.79. The highest BCUT2D eigenvalue weighted by Crippen LogP contribution is 1.76. The lowest BCUT2D eigenvalue weighted by Gasteiger charge is -1.88. The van der Waals surface area contributed by atoms with Crippen LogP contribution in [-0.2, 0) is 0 Å². The Kier molecular flexibility index (Phi) is 5.46. The summed E-state index contributed by atoms with van der Waals surface area (Å²) in [4.78, 5) is 0. The zero-order valence-corrected chi connectivity index (χ0v) is 4.98. The maximum absolute atomic E-state index is 3.58. The van der Waals surface area contributed by atoms with E-state index in [0.29, 0.717) is 0 Å². The van der Waals surface area contributed by atoms with Gasteiger partial charge in [0, 0.05) is 0 Å². The average Bonchev–Trinajstić information content (AvgIpc) is 1.69. The van der Waals surface area contributed by atoms with Gasteiger partial charge in [0.15, 0.2) is 0 Å². The fraction of sp³-hybridized carbons (Fsp3) is 0.667. The molecule has 0 heterocycles. The van der Waals surface area contributed by atoms with Crippen molar-refractivity contribution in [2.75, 3.05) is 6.54 Å². The van der Waals surface area contributed by atoms with E-state index in [9.17, 15) is 0 Å². The first-order valence-electron chi connectivity index (χ1n) is 2.86. The second kappa shape index (κ2) is 5.70. The van der Waals surface area contributed by atoms with Gasteiger partial charge in [0.2, 0.25) is 0 Å². The monoisotopic (exact) mass is 100 g/mol. The van der Waals surface area contributed by atoms with Gasteiger partial charge >= 0.3 is 0 Å². The molecule has 0 atom stereocenters. The van der Waals surface area contributed by atoms with Crippen LogP contribution >= 0.6 is 0 Å². The Hall–Kier alpha value is -0.300.